The standard InChI is InChI=1S/C12H17BrN2O3S/c13-10-4-6-11(7-5-10)14-19(17,18)15-8-2-1-3-12(15)9-16/h4-7,12,14,16H,1-3,8-9H2. The van der Waals surface area contributed by atoms with Gasteiger partial charge in [-0.3, -0.25) is 4.72 Å². The van der Waals surface area contributed by atoms with Crippen LogP contribution in [0.3, 0.4) is 0 Å². The minimum Gasteiger partial charge on any atom is -0.395 e. The summed E-state index contributed by atoms with van der Waals surface area (Å²) < 4.78 is 29.4. The lowest BCUT2D eigenvalue weighted by Gasteiger charge is -2.33. The van der Waals surface area contributed by atoms with Gasteiger partial charge in [0.2, 0.25) is 0 Å². The molecule has 1 saturated heterocycles. The predicted octanol–water partition coefficient (Wildman–Crippen LogP) is 1.95. The molecule has 0 aliphatic carbocycles. The molecular formula is C12H17BrN2O3S. The van der Waals surface area contributed by atoms with Crippen LogP contribution in [-0.2, 0) is 10.2 Å². The Morgan fingerprint density at radius 1 is 1.32 bits per heavy atom. The summed E-state index contributed by atoms with van der Waals surface area (Å²) in [7, 11) is -3.60. The van der Waals surface area contributed by atoms with Gasteiger partial charge in [-0.05, 0) is 37.1 Å². The Bertz CT molecular complexity index is 518. The van der Waals surface area contributed by atoms with Crippen LogP contribution in [0.25, 0.3) is 0 Å². The largest absolute Gasteiger partial charge is 0.395 e. The van der Waals surface area contributed by atoms with Crippen LogP contribution in [0.2, 0.25) is 0 Å². The fraction of sp³-hybridized carbons (Fsp3) is 0.500. The van der Waals surface area contributed by atoms with Gasteiger partial charge >= 0.3 is 10.2 Å². The third-order valence-corrected chi connectivity index (χ3v) is 5.30. The average molecular weight is 349 g/mol. The number of nitrogens with one attached hydrogen (secondary N) is 1. The van der Waals surface area contributed by atoms with Gasteiger partial charge < -0.3 is 5.11 Å². The molecule has 1 aromatic rings. The number of aliphatic hydroxyl groups is 1. The van der Waals surface area contributed by atoms with Crippen molar-refractivity contribution < 1.29 is 13.5 Å². The maximum absolute atomic E-state index is 12.3. The van der Waals surface area contributed by atoms with Crippen molar-refractivity contribution >= 4 is 31.8 Å². The van der Waals surface area contributed by atoms with E-state index in [4.69, 9.17) is 0 Å². The molecule has 1 unspecified atom stereocenters. The first-order valence-electron chi connectivity index (χ1n) is 6.19. The summed E-state index contributed by atoms with van der Waals surface area (Å²) in [6.45, 7) is 0.318. The van der Waals surface area contributed by atoms with Crippen molar-refractivity contribution in [1.82, 2.24) is 4.31 Å². The summed E-state index contributed by atoms with van der Waals surface area (Å²) >= 11 is 3.30. The van der Waals surface area contributed by atoms with Crippen LogP contribution in [0.15, 0.2) is 28.7 Å². The van der Waals surface area contributed by atoms with E-state index in [-0.39, 0.29) is 12.6 Å². The number of hydrogen-bond donors (Lipinski definition) is 2. The molecule has 1 atom stereocenters. The fourth-order valence-electron chi connectivity index (χ4n) is 2.20. The van der Waals surface area contributed by atoms with Gasteiger partial charge in [0, 0.05) is 22.7 Å². The second-order valence-corrected chi connectivity index (χ2v) is 7.10. The summed E-state index contributed by atoms with van der Waals surface area (Å²) in [6.07, 6.45) is 2.49. The van der Waals surface area contributed by atoms with Crippen molar-refractivity contribution in [2.45, 2.75) is 25.3 Å². The molecular weight excluding hydrogens is 332 g/mol. The Morgan fingerprint density at radius 3 is 2.63 bits per heavy atom. The van der Waals surface area contributed by atoms with Crippen LogP contribution in [0, 0.1) is 0 Å². The van der Waals surface area contributed by atoms with Crippen molar-refractivity contribution in [3.05, 3.63) is 28.7 Å². The van der Waals surface area contributed by atoms with Crippen molar-refractivity contribution in [1.29, 1.82) is 0 Å². The number of nitrogens with zero attached hydrogens (tertiary/aromatic N) is 1. The smallest absolute Gasteiger partial charge is 0.301 e. The maximum atomic E-state index is 12.3. The summed E-state index contributed by atoms with van der Waals surface area (Å²) in [4.78, 5) is 0. The lowest BCUT2D eigenvalue weighted by atomic mass is 10.1. The second kappa shape index (κ2) is 6.21. The first kappa shape index (κ1) is 14.8. The van der Waals surface area contributed by atoms with Gasteiger partial charge in [0.05, 0.1) is 6.61 Å². The number of hydrogen-bond acceptors (Lipinski definition) is 3. The van der Waals surface area contributed by atoms with Gasteiger partial charge in [0.25, 0.3) is 0 Å². The van der Waals surface area contributed by atoms with Gasteiger partial charge in [-0.1, -0.05) is 22.4 Å². The molecule has 1 aliphatic heterocycles. The summed E-state index contributed by atoms with van der Waals surface area (Å²) in [5.41, 5.74) is 0.519. The minimum atomic E-state index is -3.60. The molecule has 19 heavy (non-hydrogen) atoms. The number of aliphatic hydroxyl groups excluding tert-OH is 1. The topological polar surface area (TPSA) is 69.6 Å². The van der Waals surface area contributed by atoms with E-state index < -0.39 is 10.2 Å². The van der Waals surface area contributed by atoms with Gasteiger partial charge in [-0.15, -0.1) is 0 Å². The van der Waals surface area contributed by atoms with E-state index in [1.54, 1.807) is 24.3 Å². The molecule has 0 aromatic heterocycles. The van der Waals surface area contributed by atoms with Crippen LogP contribution in [0.1, 0.15) is 19.3 Å². The first-order valence-corrected chi connectivity index (χ1v) is 8.42. The lowest BCUT2D eigenvalue weighted by molar-refractivity contribution is 0.156. The van der Waals surface area contributed by atoms with Gasteiger partial charge in [-0.2, -0.15) is 12.7 Å². The number of piperidine rings is 1. The third kappa shape index (κ3) is 3.68. The van der Waals surface area contributed by atoms with Crippen molar-refractivity contribution in [2.24, 2.45) is 0 Å². The molecule has 0 bridgehead atoms. The highest BCUT2D eigenvalue weighted by molar-refractivity contribution is 9.10. The summed E-state index contributed by atoms with van der Waals surface area (Å²) in [5.74, 6) is 0. The highest BCUT2D eigenvalue weighted by Crippen LogP contribution is 2.22. The van der Waals surface area contributed by atoms with Crippen LogP contribution in [0.5, 0.6) is 0 Å². The van der Waals surface area contributed by atoms with Crippen LogP contribution < -0.4 is 4.72 Å². The van der Waals surface area contributed by atoms with E-state index in [2.05, 4.69) is 20.7 Å². The van der Waals surface area contributed by atoms with Gasteiger partial charge in [0.1, 0.15) is 0 Å². The van der Waals surface area contributed by atoms with E-state index in [0.717, 1.165) is 17.3 Å². The molecule has 106 valence electrons. The molecule has 0 spiro atoms. The van der Waals surface area contributed by atoms with Crippen molar-refractivity contribution in [2.75, 3.05) is 17.9 Å². The Morgan fingerprint density at radius 2 is 2.00 bits per heavy atom. The fourth-order valence-corrected chi connectivity index (χ4v) is 3.95. The highest BCUT2D eigenvalue weighted by atomic mass is 79.9. The molecule has 5 nitrogen and oxygen atoms in total. The molecule has 1 fully saturated rings. The van der Waals surface area contributed by atoms with Gasteiger partial charge in [0.15, 0.2) is 0 Å². The molecule has 2 rings (SSSR count). The summed E-state index contributed by atoms with van der Waals surface area (Å²) in [5, 5.41) is 9.29. The second-order valence-electron chi connectivity index (χ2n) is 4.56. The number of benzene rings is 1. The van der Waals surface area contributed by atoms with E-state index >= 15 is 0 Å². The van der Waals surface area contributed by atoms with E-state index in [1.165, 1.54) is 4.31 Å². The molecule has 1 aromatic carbocycles. The normalized spacial score (nSPS) is 21.3. The molecule has 7 heteroatoms. The molecule has 0 radical (unpaired) electrons. The van der Waals surface area contributed by atoms with Crippen molar-refractivity contribution in [3.63, 3.8) is 0 Å². The lowest BCUT2D eigenvalue weighted by Crippen LogP contribution is -2.47. The zero-order valence-electron chi connectivity index (χ0n) is 10.4. The zero-order chi connectivity index (χ0) is 13.9. The zero-order valence-corrected chi connectivity index (χ0v) is 12.8. The third-order valence-electron chi connectivity index (χ3n) is 3.18. The highest BCUT2D eigenvalue weighted by Gasteiger charge is 2.31. The number of rotatable bonds is 4. The maximum Gasteiger partial charge on any atom is 0.301 e. The van der Waals surface area contributed by atoms with Crippen LogP contribution in [0.4, 0.5) is 5.69 Å². The molecule has 1 aliphatic rings. The van der Waals surface area contributed by atoms with E-state index in [1.807, 2.05) is 0 Å². The molecule has 1 heterocycles. The molecule has 0 saturated carbocycles. The Hall–Kier alpha value is -0.630. The Kier molecular flexibility index (Phi) is 4.83. The SMILES string of the molecule is O=S(=O)(Nc1ccc(Br)cc1)N1CCCCC1CO. The van der Waals surface area contributed by atoms with Gasteiger partial charge in [-0.25, -0.2) is 0 Å². The van der Waals surface area contributed by atoms with E-state index in [0.29, 0.717) is 18.7 Å². The monoisotopic (exact) mass is 348 g/mol. The number of halogens is 1. The average Bonchev–Trinajstić information content (AvgIpc) is 2.41. The van der Waals surface area contributed by atoms with Crippen molar-refractivity contribution in [3.8, 4) is 0 Å². The number of anilines is 1. The van der Waals surface area contributed by atoms with E-state index in [9.17, 15) is 13.5 Å². The first-order chi connectivity index (χ1) is 9.03. The van der Waals surface area contributed by atoms with Crippen LogP contribution >= 0.6 is 15.9 Å². The van der Waals surface area contributed by atoms with Crippen LogP contribution in [-0.4, -0.2) is 37.0 Å². The minimum absolute atomic E-state index is 0.138. The Balaban J connectivity index is 2.14. The molecule has 2 N–H and O–H groups in total. The quantitative estimate of drug-likeness (QED) is 0.873. The molecule has 0 amide bonds. The predicted molar refractivity (Wildman–Crippen MR) is 78.1 cm³/mol. The summed E-state index contributed by atoms with van der Waals surface area (Å²) in [6, 6.07) is 6.62. The Labute approximate surface area is 121 Å².